The molecule has 0 N–H and O–H groups in total. The molecular formula is C48H78CaO4. The Balaban J connectivity index is 0.00000100. The van der Waals surface area contributed by atoms with Gasteiger partial charge >= 0.3 is 37.7 Å². The fraction of sp³-hybridized carbons (Fsp3) is 0.708. The molecular weight excluding hydrogens is 681 g/mol. The van der Waals surface area contributed by atoms with Crippen molar-refractivity contribution in [3.8, 4) is 0 Å². The summed E-state index contributed by atoms with van der Waals surface area (Å²) in [5.41, 5.74) is 3.04. The minimum absolute atomic E-state index is 0. The van der Waals surface area contributed by atoms with E-state index >= 15 is 0 Å². The molecule has 4 nitrogen and oxygen atoms in total. The molecule has 53 heavy (non-hydrogen) atoms. The van der Waals surface area contributed by atoms with Crippen LogP contribution in [0.4, 0.5) is 0 Å². The van der Waals surface area contributed by atoms with E-state index in [2.05, 4.69) is 74.5 Å². The summed E-state index contributed by atoms with van der Waals surface area (Å²) < 4.78 is 0. The summed E-state index contributed by atoms with van der Waals surface area (Å²) >= 11 is 0. The number of rotatable bonds is 34. The first-order chi connectivity index (χ1) is 25.5. The number of carboxylic acid groups (broad SMARTS) is 2. The van der Waals surface area contributed by atoms with Crippen LogP contribution < -0.4 is 10.2 Å². The number of carboxylic acids is 2. The van der Waals surface area contributed by atoms with Crippen LogP contribution in [0.5, 0.6) is 0 Å². The van der Waals surface area contributed by atoms with Crippen LogP contribution in [0.25, 0.3) is 0 Å². The molecule has 0 saturated carbocycles. The average molecular weight is 759 g/mol. The Kier molecular flexibility index (Phi) is 37.9. The molecule has 2 unspecified atom stereocenters. The number of carbonyl (C=O) groups is 2. The minimum atomic E-state index is -0.908. The second-order valence-electron chi connectivity index (χ2n) is 15.4. The average Bonchev–Trinajstić information content (AvgIpc) is 3.15. The first-order valence-corrected chi connectivity index (χ1v) is 22.0. The Morgan fingerprint density at radius 2 is 0.642 bits per heavy atom. The van der Waals surface area contributed by atoms with Crippen molar-refractivity contribution < 1.29 is 19.8 Å². The fourth-order valence-electron chi connectivity index (χ4n) is 7.60. The number of hydrogen-bond acceptors (Lipinski definition) is 4. The third-order valence-electron chi connectivity index (χ3n) is 10.7. The van der Waals surface area contributed by atoms with Gasteiger partial charge in [0.2, 0.25) is 0 Å². The molecule has 0 aliphatic rings. The van der Waals surface area contributed by atoms with Gasteiger partial charge in [-0.1, -0.05) is 216 Å². The van der Waals surface area contributed by atoms with E-state index in [0.717, 1.165) is 37.5 Å². The van der Waals surface area contributed by atoms with Gasteiger partial charge in [0, 0.05) is 11.9 Å². The molecule has 0 spiro atoms. The van der Waals surface area contributed by atoms with Gasteiger partial charge in [-0.25, -0.2) is 0 Å². The molecule has 2 atom stereocenters. The normalized spacial score (nSPS) is 12.0. The Hall–Kier alpha value is -1.36. The van der Waals surface area contributed by atoms with Crippen molar-refractivity contribution >= 4 is 49.7 Å². The predicted molar refractivity (Wildman–Crippen MR) is 224 cm³/mol. The minimum Gasteiger partial charge on any atom is -0.550 e. The molecule has 0 bridgehead atoms. The van der Waals surface area contributed by atoms with Crippen LogP contribution in [0.3, 0.4) is 0 Å². The van der Waals surface area contributed by atoms with Gasteiger partial charge in [0.15, 0.2) is 0 Å². The van der Waals surface area contributed by atoms with Crippen LogP contribution in [-0.2, 0) is 9.59 Å². The van der Waals surface area contributed by atoms with Gasteiger partial charge in [-0.3, -0.25) is 0 Å². The van der Waals surface area contributed by atoms with Crippen molar-refractivity contribution in [1.82, 2.24) is 0 Å². The number of aliphatic carboxylic acids is 2. The van der Waals surface area contributed by atoms with Crippen molar-refractivity contribution in [2.24, 2.45) is 0 Å². The first kappa shape index (κ1) is 51.6. The third kappa shape index (κ3) is 32.6. The maximum atomic E-state index is 10.3. The fourth-order valence-corrected chi connectivity index (χ4v) is 7.60. The van der Waals surface area contributed by atoms with Gasteiger partial charge in [-0.2, -0.15) is 0 Å². The Bertz CT molecular complexity index is 974. The summed E-state index contributed by atoms with van der Waals surface area (Å²) in [6, 6.07) is 22.1. The van der Waals surface area contributed by atoms with Crippen LogP contribution in [0, 0.1) is 0 Å². The molecule has 0 radical (unpaired) electrons. The van der Waals surface area contributed by atoms with Crippen LogP contribution in [-0.4, -0.2) is 49.7 Å². The summed E-state index contributed by atoms with van der Waals surface area (Å²) in [5, 5.41) is 20.6. The van der Waals surface area contributed by atoms with Crippen molar-refractivity contribution in [2.45, 2.75) is 218 Å². The number of hydrogen-bond donors (Lipinski definition) is 0. The van der Waals surface area contributed by atoms with E-state index in [4.69, 9.17) is 0 Å². The van der Waals surface area contributed by atoms with E-state index in [1.807, 2.05) is 0 Å². The summed E-state index contributed by atoms with van der Waals surface area (Å²) in [7, 11) is 0. The van der Waals surface area contributed by atoms with E-state index < -0.39 is 11.9 Å². The molecule has 0 aliphatic heterocycles. The molecule has 0 aliphatic carbocycles. The van der Waals surface area contributed by atoms with Crippen LogP contribution in [0.15, 0.2) is 60.7 Å². The van der Waals surface area contributed by atoms with Crippen LogP contribution in [0.1, 0.15) is 229 Å². The zero-order chi connectivity index (χ0) is 37.7. The molecule has 2 rings (SSSR count). The second-order valence-corrected chi connectivity index (χ2v) is 15.4. The van der Waals surface area contributed by atoms with Crippen LogP contribution in [0.2, 0.25) is 0 Å². The quantitative estimate of drug-likeness (QED) is 0.0526. The molecule has 2 aromatic carbocycles. The Morgan fingerprint density at radius 3 is 0.887 bits per heavy atom. The largest absolute Gasteiger partial charge is 2.00 e. The first-order valence-electron chi connectivity index (χ1n) is 22.0. The monoisotopic (exact) mass is 759 g/mol. The summed E-state index contributed by atoms with van der Waals surface area (Å²) in [4.78, 5) is 20.6. The van der Waals surface area contributed by atoms with Gasteiger partial charge in [0.25, 0.3) is 0 Å². The van der Waals surface area contributed by atoms with E-state index in [-0.39, 0.29) is 50.6 Å². The molecule has 0 heterocycles. The molecule has 2 aromatic rings. The van der Waals surface area contributed by atoms with Gasteiger partial charge in [0.1, 0.15) is 0 Å². The summed E-state index contributed by atoms with van der Waals surface area (Å²) in [6.45, 7) is 4.58. The van der Waals surface area contributed by atoms with Crippen LogP contribution >= 0.6 is 0 Å². The van der Waals surface area contributed by atoms with Crippen molar-refractivity contribution in [3.63, 3.8) is 0 Å². The van der Waals surface area contributed by atoms with Gasteiger partial charge < -0.3 is 19.8 Å². The molecule has 0 amide bonds. The van der Waals surface area contributed by atoms with E-state index in [1.54, 1.807) is 0 Å². The zero-order valence-corrected chi connectivity index (χ0v) is 36.7. The standard InChI is InChI=1S/2C24H40O2.Ca/c2*1-2-17-22(23-19-14-12-15-20-23)18-13-10-8-6-4-3-5-7-9-11-16-21-24(25)26;/h2*12,14-15,19-20,22H,2-11,13,16-18,21H2,1H3,(H,25,26);/q;;+2/p-2. The third-order valence-corrected chi connectivity index (χ3v) is 10.7. The van der Waals surface area contributed by atoms with Gasteiger partial charge in [-0.15, -0.1) is 0 Å². The zero-order valence-electron chi connectivity index (χ0n) is 34.5. The summed E-state index contributed by atoms with van der Waals surface area (Å²) in [5.74, 6) is -0.319. The van der Waals surface area contributed by atoms with Crippen molar-refractivity contribution in [2.75, 3.05) is 0 Å². The molecule has 0 fully saturated rings. The van der Waals surface area contributed by atoms with E-state index in [0.29, 0.717) is 0 Å². The van der Waals surface area contributed by atoms with E-state index in [1.165, 1.54) is 165 Å². The number of benzene rings is 2. The number of unbranched alkanes of at least 4 members (excludes halogenated alkanes) is 20. The maximum Gasteiger partial charge on any atom is 2.00 e. The van der Waals surface area contributed by atoms with E-state index in [9.17, 15) is 19.8 Å². The number of carbonyl (C=O) groups excluding carboxylic acids is 2. The predicted octanol–water partition coefficient (Wildman–Crippen LogP) is 12.4. The molecule has 0 aromatic heterocycles. The van der Waals surface area contributed by atoms with Gasteiger partial charge in [-0.05, 0) is 74.3 Å². The van der Waals surface area contributed by atoms with Gasteiger partial charge in [0.05, 0.1) is 0 Å². The Labute approximate surface area is 357 Å². The Morgan fingerprint density at radius 1 is 0.396 bits per heavy atom. The maximum absolute atomic E-state index is 10.3. The topological polar surface area (TPSA) is 80.3 Å². The van der Waals surface area contributed by atoms with Crippen molar-refractivity contribution in [3.05, 3.63) is 71.8 Å². The van der Waals surface area contributed by atoms with Crippen molar-refractivity contribution in [1.29, 1.82) is 0 Å². The smallest absolute Gasteiger partial charge is 0.550 e. The molecule has 296 valence electrons. The SMILES string of the molecule is CCCC(CCCCCCCCCCCCCC(=O)[O-])c1ccccc1.CCCC(CCCCCCCCCCCCCC(=O)[O-])c1ccccc1.[Ca+2]. The molecule has 5 heteroatoms. The second kappa shape index (κ2) is 38.9. The summed E-state index contributed by atoms with van der Waals surface area (Å²) in [6.07, 6.45) is 35.7. The molecule has 0 saturated heterocycles.